The van der Waals surface area contributed by atoms with E-state index in [1.165, 1.54) is 0 Å². The molecule has 1 aromatic rings. The van der Waals surface area contributed by atoms with Crippen LogP contribution in [0.1, 0.15) is 6.92 Å². The molecule has 2 heterocycles. The van der Waals surface area contributed by atoms with Gasteiger partial charge in [0.25, 0.3) is 0 Å². The van der Waals surface area contributed by atoms with Crippen LogP contribution >= 0.6 is 15.9 Å². The minimum absolute atomic E-state index is 0.464. The summed E-state index contributed by atoms with van der Waals surface area (Å²) in [5, 5.41) is 0. The van der Waals surface area contributed by atoms with Gasteiger partial charge in [-0.05, 0) is 22.9 Å². The van der Waals surface area contributed by atoms with Crippen LogP contribution in [0.4, 0.5) is 5.82 Å². The van der Waals surface area contributed by atoms with Crippen molar-refractivity contribution in [2.75, 3.05) is 37.6 Å². The predicted octanol–water partition coefficient (Wildman–Crippen LogP) is 0.708. The molecule has 17 heavy (non-hydrogen) atoms. The summed E-state index contributed by atoms with van der Waals surface area (Å²) in [6.45, 7) is 6.94. The third kappa shape index (κ3) is 2.94. The highest BCUT2D eigenvalue weighted by molar-refractivity contribution is 9.10. The SMILES string of the molecule is CC(CN)N1CCN(c2ncncc2Br)CC1. The lowest BCUT2D eigenvalue weighted by atomic mass is 10.2. The Bertz CT molecular complexity index is 365. The molecule has 1 unspecified atom stereocenters. The van der Waals surface area contributed by atoms with E-state index in [4.69, 9.17) is 5.73 Å². The number of anilines is 1. The number of hydrogen-bond donors (Lipinski definition) is 1. The molecule has 2 rings (SSSR count). The first-order valence-corrected chi connectivity index (χ1v) is 6.66. The summed E-state index contributed by atoms with van der Waals surface area (Å²) in [5.41, 5.74) is 5.69. The van der Waals surface area contributed by atoms with Crippen molar-refractivity contribution in [1.29, 1.82) is 0 Å². The first-order valence-electron chi connectivity index (χ1n) is 5.87. The van der Waals surface area contributed by atoms with Gasteiger partial charge < -0.3 is 10.6 Å². The van der Waals surface area contributed by atoms with E-state index in [0.717, 1.165) is 43.0 Å². The number of hydrogen-bond acceptors (Lipinski definition) is 5. The molecule has 1 aliphatic rings. The second-order valence-electron chi connectivity index (χ2n) is 4.30. The summed E-state index contributed by atoms with van der Waals surface area (Å²) in [6, 6.07) is 0.464. The fourth-order valence-electron chi connectivity index (χ4n) is 2.06. The molecule has 0 amide bonds. The first kappa shape index (κ1) is 12.7. The highest BCUT2D eigenvalue weighted by Crippen LogP contribution is 2.23. The van der Waals surface area contributed by atoms with Gasteiger partial charge in [-0.3, -0.25) is 4.90 Å². The summed E-state index contributed by atoms with van der Waals surface area (Å²) < 4.78 is 0.959. The molecule has 94 valence electrons. The minimum Gasteiger partial charge on any atom is -0.353 e. The van der Waals surface area contributed by atoms with Gasteiger partial charge >= 0.3 is 0 Å². The van der Waals surface area contributed by atoms with Gasteiger partial charge in [0.1, 0.15) is 12.1 Å². The summed E-state index contributed by atoms with van der Waals surface area (Å²) in [5.74, 6) is 0.986. The molecule has 0 aromatic carbocycles. The maximum absolute atomic E-state index is 5.69. The largest absolute Gasteiger partial charge is 0.353 e. The average Bonchev–Trinajstić information content (AvgIpc) is 2.39. The smallest absolute Gasteiger partial charge is 0.146 e. The molecule has 0 bridgehead atoms. The fraction of sp³-hybridized carbons (Fsp3) is 0.636. The lowest BCUT2D eigenvalue weighted by Gasteiger charge is -2.38. The molecule has 0 saturated carbocycles. The van der Waals surface area contributed by atoms with Crippen LogP contribution in [0.5, 0.6) is 0 Å². The van der Waals surface area contributed by atoms with Gasteiger partial charge in [0.05, 0.1) is 4.47 Å². The molecule has 6 heteroatoms. The zero-order chi connectivity index (χ0) is 12.3. The summed E-state index contributed by atoms with van der Waals surface area (Å²) in [6.07, 6.45) is 3.38. The molecule has 1 atom stereocenters. The molecule has 1 aromatic heterocycles. The number of aromatic nitrogens is 2. The number of piperazine rings is 1. The van der Waals surface area contributed by atoms with E-state index in [0.29, 0.717) is 6.04 Å². The highest BCUT2D eigenvalue weighted by Gasteiger charge is 2.22. The summed E-state index contributed by atoms with van der Waals surface area (Å²) in [4.78, 5) is 13.0. The van der Waals surface area contributed by atoms with Crippen molar-refractivity contribution < 1.29 is 0 Å². The van der Waals surface area contributed by atoms with Crippen molar-refractivity contribution in [3.63, 3.8) is 0 Å². The maximum Gasteiger partial charge on any atom is 0.146 e. The Kier molecular flexibility index (Phi) is 4.31. The van der Waals surface area contributed by atoms with Crippen LogP contribution < -0.4 is 10.6 Å². The van der Waals surface area contributed by atoms with Gasteiger partial charge in [-0.15, -0.1) is 0 Å². The number of rotatable bonds is 3. The van der Waals surface area contributed by atoms with Crippen LogP contribution in [0, 0.1) is 0 Å². The van der Waals surface area contributed by atoms with E-state index in [1.54, 1.807) is 12.5 Å². The molecule has 0 spiro atoms. The van der Waals surface area contributed by atoms with Crippen LogP contribution in [-0.4, -0.2) is 53.6 Å². The number of nitrogens with two attached hydrogens (primary N) is 1. The molecular formula is C11H18BrN5. The minimum atomic E-state index is 0.464. The van der Waals surface area contributed by atoms with Gasteiger partial charge in [0, 0.05) is 45.0 Å². The molecule has 1 fully saturated rings. The summed E-state index contributed by atoms with van der Waals surface area (Å²) in [7, 11) is 0. The Morgan fingerprint density at radius 2 is 2.12 bits per heavy atom. The van der Waals surface area contributed by atoms with Gasteiger partial charge in [-0.2, -0.15) is 0 Å². The van der Waals surface area contributed by atoms with Crippen molar-refractivity contribution >= 4 is 21.7 Å². The van der Waals surface area contributed by atoms with E-state index < -0.39 is 0 Å². The number of halogens is 1. The summed E-state index contributed by atoms with van der Waals surface area (Å²) >= 11 is 3.49. The zero-order valence-electron chi connectivity index (χ0n) is 10.0. The monoisotopic (exact) mass is 299 g/mol. The number of nitrogens with zero attached hydrogens (tertiary/aromatic N) is 4. The Balaban J connectivity index is 1.98. The second-order valence-corrected chi connectivity index (χ2v) is 5.16. The molecule has 2 N–H and O–H groups in total. The van der Waals surface area contributed by atoms with E-state index >= 15 is 0 Å². The standard InChI is InChI=1S/C11H18BrN5/c1-9(6-13)16-2-4-17(5-3-16)11-10(12)7-14-8-15-11/h7-9H,2-6,13H2,1H3. The van der Waals surface area contributed by atoms with E-state index in [-0.39, 0.29) is 0 Å². The third-order valence-corrected chi connectivity index (χ3v) is 3.79. The van der Waals surface area contributed by atoms with Crippen LogP contribution in [0.25, 0.3) is 0 Å². The third-order valence-electron chi connectivity index (χ3n) is 3.23. The van der Waals surface area contributed by atoms with Crippen molar-refractivity contribution in [2.45, 2.75) is 13.0 Å². The van der Waals surface area contributed by atoms with Crippen LogP contribution in [-0.2, 0) is 0 Å². The molecule has 5 nitrogen and oxygen atoms in total. The molecule has 0 radical (unpaired) electrons. The highest BCUT2D eigenvalue weighted by atomic mass is 79.9. The zero-order valence-corrected chi connectivity index (χ0v) is 11.6. The van der Waals surface area contributed by atoms with Gasteiger partial charge in [0.15, 0.2) is 0 Å². The second kappa shape index (κ2) is 5.75. The lowest BCUT2D eigenvalue weighted by molar-refractivity contribution is 0.201. The maximum atomic E-state index is 5.69. The van der Waals surface area contributed by atoms with Crippen LogP contribution in [0.2, 0.25) is 0 Å². The van der Waals surface area contributed by atoms with Gasteiger partial charge in [-0.1, -0.05) is 0 Å². The topological polar surface area (TPSA) is 58.3 Å². The molecular weight excluding hydrogens is 282 g/mol. The Morgan fingerprint density at radius 1 is 1.41 bits per heavy atom. The van der Waals surface area contributed by atoms with Crippen LogP contribution in [0.15, 0.2) is 17.0 Å². The first-order chi connectivity index (χ1) is 8.22. The predicted molar refractivity (Wildman–Crippen MR) is 72.0 cm³/mol. The van der Waals surface area contributed by atoms with Crippen molar-refractivity contribution in [3.05, 3.63) is 17.0 Å². The van der Waals surface area contributed by atoms with Gasteiger partial charge in [-0.25, -0.2) is 9.97 Å². The molecule has 0 aliphatic carbocycles. The fourth-order valence-corrected chi connectivity index (χ4v) is 2.53. The average molecular weight is 300 g/mol. The van der Waals surface area contributed by atoms with E-state index in [9.17, 15) is 0 Å². The van der Waals surface area contributed by atoms with Gasteiger partial charge in [0.2, 0.25) is 0 Å². The normalized spacial score (nSPS) is 19.4. The Hall–Kier alpha value is -0.720. The van der Waals surface area contributed by atoms with E-state index in [1.807, 2.05) is 0 Å². The van der Waals surface area contributed by atoms with Crippen molar-refractivity contribution in [1.82, 2.24) is 14.9 Å². The molecule has 1 saturated heterocycles. The van der Waals surface area contributed by atoms with Crippen LogP contribution in [0.3, 0.4) is 0 Å². The Morgan fingerprint density at radius 3 is 2.71 bits per heavy atom. The van der Waals surface area contributed by atoms with Crippen molar-refractivity contribution in [3.8, 4) is 0 Å². The Labute approximate surface area is 110 Å². The van der Waals surface area contributed by atoms with E-state index in [2.05, 4.69) is 42.6 Å². The van der Waals surface area contributed by atoms with Crippen molar-refractivity contribution in [2.24, 2.45) is 5.73 Å². The molecule has 1 aliphatic heterocycles. The lowest BCUT2D eigenvalue weighted by Crippen LogP contribution is -2.51. The quantitative estimate of drug-likeness (QED) is 0.891.